The van der Waals surface area contributed by atoms with Crippen LogP contribution in [-0.2, 0) is 9.59 Å². The van der Waals surface area contributed by atoms with Crippen LogP contribution in [0.4, 0.5) is 0 Å². The van der Waals surface area contributed by atoms with E-state index in [1.165, 1.54) is 4.90 Å². The maximum atomic E-state index is 11.5. The summed E-state index contributed by atoms with van der Waals surface area (Å²) in [4.78, 5) is 24.3. The summed E-state index contributed by atoms with van der Waals surface area (Å²) in [7, 11) is 0. The number of nitrogens with zero attached hydrogens (tertiary/aromatic N) is 1. The fourth-order valence-corrected chi connectivity index (χ4v) is 2.19. The molecule has 14 heavy (non-hydrogen) atoms. The van der Waals surface area contributed by atoms with Gasteiger partial charge in [0.1, 0.15) is 0 Å². The van der Waals surface area contributed by atoms with Gasteiger partial charge in [0.2, 0.25) is 11.8 Å². The van der Waals surface area contributed by atoms with Crippen LogP contribution in [0.3, 0.4) is 0 Å². The smallest absolute Gasteiger partial charge is 0.233 e. The zero-order valence-electron chi connectivity index (χ0n) is 7.72. The van der Waals surface area contributed by atoms with Crippen molar-refractivity contribution in [2.75, 3.05) is 19.8 Å². The number of piperidine rings is 1. The van der Waals surface area contributed by atoms with Crippen LogP contribution in [0.5, 0.6) is 0 Å². The molecule has 0 aromatic heterocycles. The SMILES string of the molecule is O=C1C2C(CO)C2C(=O)N1CCCO. The van der Waals surface area contributed by atoms with Gasteiger partial charge >= 0.3 is 0 Å². The highest BCUT2D eigenvalue weighted by Crippen LogP contribution is 2.52. The average Bonchev–Trinajstić information content (AvgIpc) is 2.85. The van der Waals surface area contributed by atoms with Gasteiger partial charge in [0.25, 0.3) is 0 Å². The molecule has 5 heteroatoms. The summed E-state index contributed by atoms with van der Waals surface area (Å²) in [6.07, 6.45) is 0.431. The average molecular weight is 199 g/mol. The third-order valence-electron chi connectivity index (χ3n) is 3.02. The Labute approximate surface area is 81.3 Å². The molecule has 78 valence electrons. The molecule has 1 heterocycles. The maximum absolute atomic E-state index is 11.5. The van der Waals surface area contributed by atoms with Crippen LogP contribution in [0.25, 0.3) is 0 Å². The van der Waals surface area contributed by atoms with Crippen LogP contribution in [0.1, 0.15) is 6.42 Å². The van der Waals surface area contributed by atoms with E-state index in [2.05, 4.69) is 0 Å². The number of hydrogen-bond donors (Lipinski definition) is 2. The van der Waals surface area contributed by atoms with Crippen molar-refractivity contribution in [2.24, 2.45) is 17.8 Å². The minimum atomic E-state index is -0.272. The molecule has 2 fully saturated rings. The van der Waals surface area contributed by atoms with Crippen LogP contribution in [0.2, 0.25) is 0 Å². The van der Waals surface area contributed by atoms with Gasteiger partial charge in [-0.15, -0.1) is 0 Å². The number of likely N-dealkylation sites (tertiary alicyclic amines) is 1. The lowest BCUT2D eigenvalue weighted by molar-refractivity contribution is -0.142. The molecule has 0 spiro atoms. The van der Waals surface area contributed by atoms with E-state index >= 15 is 0 Å². The molecule has 0 radical (unpaired) electrons. The Hall–Kier alpha value is -0.940. The summed E-state index contributed by atoms with van der Waals surface area (Å²) in [5.74, 6) is -1.03. The summed E-state index contributed by atoms with van der Waals surface area (Å²) in [6, 6.07) is 0. The number of aliphatic hydroxyl groups excluding tert-OH is 2. The Morgan fingerprint density at radius 3 is 2.14 bits per heavy atom. The monoisotopic (exact) mass is 199 g/mol. The van der Waals surface area contributed by atoms with Gasteiger partial charge in [-0.1, -0.05) is 0 Å². The van der Waals surface area contributed by atoms with E-state index in [0.29, 0.717) is 13.0 Å². The second-order valence-electron chi connectivity index (χ2n) is 3.80. The maximum Gasteiger partial charge on any atom is 0.233 e. The summed E-state index contributed by atoms with van der Waals surface area (Å²) in [5.41, 5.74) is 0. The van der Waals surface area contributed by atoms with E-state index in [1.807, 2.05) is 0 Å². The molecule has 0 aromatic carbocycles. The molecule has 2 atom stereocenters. The van der Waals surface area contributed by atoms with E-state index in [4.69, 9.17) is 10.2 Å². The molecule has 5 nitrogen and oxygen atoms in total. The summed E-state index contributed by atoms with van der Waals surface area (Å²) >= 11 is 0. The Bertz CT molecular complexity index is 256. The highest BCUT2D eigenvalue weighted by Gasteiger charge is 2.66. The van der Waals surface area contributed by atoms with Gasteiger partial charge in [0.15, 0.2) is 0 Å². The van der Waals surface area contributed by atoms with Crippen LogP contribution in [-0.4, -0.2) is 46.7 Å². The van der Waals surface area contributed by atoms with E-state index in [-0.39, 0.29) is 42.8 Å². The lowest BCUT2D eigenvalue weighted by Crippen LogP contribution is -2.36. The number of carbonyl (C=O) groups excluding carboxylic acids is 2. The quantitative estimate of drug-likeness (QED) is 0.545. The Morgan fingerprint density at radius 1 is 1.14 bits per heavy atom. The van der Waals surface area contributed by atoms with Gasteiger partial charge in [-0.2, -0.15) is 0 Å². The van der Waals surface area contributed by atoms with Crippen LogP contribution >= 0.6 is 0 Å². The summed E-state index contributed by atoms with van der Waals surface area (Å²) in [5, 5.41) is 17.4. The van der Waals surface area contributed by atoms with Gasteiger partial charge in [-0.3, -0.25) is 14.5 Å². The lowest BCUT2D eigenvalue weighted by Gasteiger charge is -2.16. The first kappa shape index (κ1) is 9.61. The van der Waals surface area contributed by atoms with Crippen molar-refractivity contribution in [1.29, 1.82) is 0 Å². The van der Waals surface area contributed by atoms with Crippen molar-refractivity contribution in [3.63, 3.8) is 0 Å². The number of aliphatic hydroxyl groups is 2. The molecule has 1 aliphatic heterocycles. The third kappa shape index (κ3) is 1.16. The molecule has 2 aliphatic rings. The van der Waals surface area contributed by atoms with Crippen molar-refractivity contribution in [3.05, 3.63) is 0 Å². The standard InChI is InChI=1S/C9H13NO4/c11-3-1-2-10-8(13)6-5(4-12)7(6)9(10)14/h5-7,11-12H,1-4H2. The Balaban J connectivity index is 1.99. The minimum Gasteiger partial charge on any atom is -0.396 e. The lowest BCUT2D eigenvalue weighted by atomic mass is 10.2. The molecule has 2 N–H and O–H groups in total. The van der Waals surface area contributed by atoms with E-state index in [9.17, 15) is 9.59 Å². The molecule has 2 amide bonds. The topological polar surface area (TPSA) is 77.8 Å². The molecular formula is C9H13NO4. The first-order chi connectivity index (χ1) is 6.72. The number of rotatable bonds is 4. The van der Waals surface area contributed by atoms with Crippen LogP contribution in [0, 0.1) is 17.8 Å². The molecule has 0 aromatic rings. The van der Waals surface area contributed by atoms with Crippen LogP contribution in [0.15, 0.2) is 0 Å². The van der Waals surface area contributed by atoms with Gasteiger partial charge in [0, 0.05) is 25.7 Å². The predicted octanol–water partition coefficient (Wildman–Crippen LogP) is -1.41. The van der Waals surface area contributed by atoms with Gasteiger partial charge in [-0.05, 0) is 6.42 Å². The summed E-state index contributed by atoms with van der Waals surface area (Å²) < 4.78 is 0. The zero-order chi connectivity index (χ0) is 10.3. The molecular weight excluding hydrogens is 186 g/mol. The normalized spacial score (nSPS) is 35.0. The predicted molar refractivity (Wildman–Crippen MR) is 46.0 cm³/mol. The number of hydrogen-bond acceptors (Lipinski definition) is 4. The van der Waals surface area contributed by atoms with E-state index < -0.39 is 0 Å². The van der Waals surface area contributed by atoms with Crippen molar-refractivity contribution in [2.45, 2.75) is 6.42 Å². The molecule has 2 rings (SSSR count). The van der Waals surface area contributed by atoms with Crippen molar-refractivity contribution >= 4 is 11.8 Å². The zero-order valence-corrected chi connectivity index (χ0v) is 7.72. The van der Waals surface area contributed by atoms with Gasteiger partial charge in [0.05, 0.1) is 11.8 Å². The van der Waals surface area contributed by atoms with Crippen molar-refractivity contribution in [3.8, 4) is 0 Å². The first-order valence-electron chi connectivity index (χ1n) is 4.79. The third-order valence-corrected chi connectivity index (χ3v) is 3.02. The number of carbonyl (C=O) groups is 2. The first-order valence-corrected chi connectivity index (χ1v) is 4.79. The van der Waals surface area contributed by atoms with E-state index in [0.717, 1.165) is 0 Å². The van der Waals surface area contributed by atoms with E-state index in [1.54, 1.807) is 0 Å². The second kappa shape index (κ2) is 3.33. The fourth-order valence-electron chi connectivity index (χ4n) is 2.19. The number of fused-ring (bicyclic) bond motifs is 1. The Morgan fingerprint density at radius 2 is 1.71 bits per heavy atom. The largest absolute Gasteiger partial charge is 0.396 e. The van der Waals surface area contributed by atoms with Crippen molar-refractivity contribution < 1.29 is 19.8 Å². The fraction of sp³-hybridized carbons (Fsp3) is 0.778. The molecule has 0 bridgehead atoms. The molecule has 1 saturated heterocycles. The van der Waals surface area contributed by atoms with Gasteiger partial charge < -0.3 is 10.2 Å². The van der Waals surface area contributed by atoms with Crippen molar-refractivity contribution in [1.82, 2.24) is 4.90 Å². The highest BCUT2D eigenvalue weighted by molar-refractivity contribution is 6.09. The highest BCUT2D eigenvalue weighted by atomic mass is 16.3. The van der Waals surface area contributed by atoms with Gasteiger partial charge in [-0.25, -0.2) is 0 Å². The number of amides is 2. The number of imide groups is 1. The minimum absolute atomic E-state index is 0.0180. The summed E-state index contributed by atoms with van der Waals surface area (Å²) in [6.45, 7) is 0.204. The molecule has 2 unspecified atom stereocenters. The molecule has 1 saturated carbocycles. The Kier molecular flexibility index (Phi) is 2.28. The molecule has 1 aliphatic carbocycles. The van der Waals surface area contributed by atoms with Crippen LogP contribution < -0.4 is 0 Å². The second-order valence-corrected chi connectivity index (χ2v) is 3.80.